The summed E-state index contributed by atoms with van der Waals surface area (Å²) in [6, 6.07) is 6.73. The van der Waals surface area contributed by atoms with Crippen LogP contribution in [0.25, 0.3) is 0 Å². The number of aryl methyl sites for hydroxylation is 3. The Labute approximate surface area is 119 Å². The van der Waals surface area contributed by atoms with E-state index in [-0.39, 0.29) is 0 Å². The number of aromatic nitrogens is 2. The van der Waals surface area contributed by atoms with Gasteiger partial charge >= 0.3 is 0 Å². The molecule has 4 nitrogen and oxygen atoms in total. The molecule has 0 radical (unpaired) electrons. The van der Waals surface area contributed by atoms with Crippen molar-refractivity contribution in [1.82, 2.24) is 9.78 Å². The molecule has 1 aliphatic carbocycles. The van der Waals surface area contributed by atoms with Crippen molar-refractivity contribution in [1.29, 1.82) is 0 Å². The van der Waals surface area contributed by atoms with Crippen molar-refractivity contribution >= 4 is 5.69 Å². The van der Waals surface area contributed by atoms with Crippen LogP contribution in [0.1, 0.15) is 35.0 Å². The number of nitrogens with zero attached hydrogens (tertiary/aromatic N) is 2. The zero-order valence-corrected chi connectivity index (χ0v) is 12.5. The minimum Gasteiger partial charge on any atom is -0.497 e. The van der Waals surface area contributed by atoms with Gasteiger partial charge in [-0.25, -0.2) is 0 Å². The first-order valence-corrected chi connectivity index (χ1v) is 7.03. The maximum absolute atomic E-state index is 5.35. The number of methoxy groups -OCH3 is 1. The molecule has 0 saturated heterocycles. The van der Waals surface area contributed by atoms with Gasteiger partial charge in [0.1, 0.15) is 5.75 Å². The van der Waals surface area contributed by atoms with Gasteiger partial charge in [-0.05, 0) is 49.9 Å². The highest BCUT2D eigenvalue weighted by molar-refractivity contribution is 5.55. The molecule has 1 N–H and O–H groups in total. The molecule has 0 bridgehead atoms. The van der Waals surface area contributed by atoms with Gasteiger partial charge in [0.25, 0.3) is 0 Å². The number of benzene rings is 1. The Kier molecular flexibility index (Phi) is 3.16. The number of nitrogens with one attached hydrogen (secondary N) is 1. The van der Waals surface area contributed by atoms with Crippen LogP contribution in [0, 0.1) is 13.8 Å². The lowest BCUT2D eigenvalue weighted by Crippen LogP contribution is -2.08. The summed E-state index contributed by atoms with van der Waals surface area (Å²) >= 11 is 0. The lowest BCUT2D eigenvalue weighted by atomic mass is 10.1. The summed E-state index contributed by atoms with van der Waals surface area (Å²) in [5, 5.41) is 8.14. The fraction of sp³-hybridized carbons (Fsp3) is 0.438. The fourth-order valence-electron chi connectivity index (χ4n) is 3.01. The largest absolute Gasteiger partial charge is 0.497 e. The number of anilines is 1. The summed E-state index contributed by atoms with van der Waals surface area (Å²) in [6.07, 6.45) is 2.24. The summed E-state index contributed by atoms with van der Waals surface area (Å²) in [6.45, 7) is 4.15. The van der Waals surface area contributed by atoms with Crippen LogP contribution in [-0.2, 0) is 13.5 Å². The van der Waals surface area contributed by atoms with Gasteiger partial charge in [0.2, 0.25) is 0 Å². The molecule has 4 heteroatoms. The quantitative estimate of drug-likeness (QED) is 0.932. The molecule has 0 fully saturated rings. The minimum absolute atomic E-state index is 0.349. The molecule has 20 heavy (non-hydrogen) atoms. The van der Waals surface area contributed by atoms with Gasteiger partial charge in [-0.15, -0.1) is 0 Å². The van der Waals surface area contributed by atoms with E-state index in [9.17, 15) is 0 Å². The van der Waals surface area contributed by atoms with Gasteiger partial charge in [-0.1, -0.05) is 6.07 Å². The second-order valence-electron chi connectivity index (χ2n) is 5.47. The highest BCUT2D eigenvalue weighted by atomic mass is 16.5. The van der Waals surface area contributed by atoms with Gasteiger partial charge in [-0.3, -0.25) is 4.68 Å². The second kappa shape index (κ2) is 4.85. The average molecular weight is 271 g/mol. The average Bonchev–Trinajstić information content (AvgIpc) is 2.95. The highest BCUT2D eigenvalue weighted by Gasteiger charge is 2.24. The van der Waals surface area contributed by atoms with E-state index in [0.29, 0.717) is 6.04 Å². The molecule has 2 aromatic rings. The van der Waals surface area contributed by atoms with Crippen molar-refractivity contribution in [3.63, 3.8) is 0 Å². The zero-order chi connectivity index (χ0) is 14.3. The first-order valence-electron chi connectivity index (χ1n) is 7.03. The number of fused-ring (bicyclic) bond motifs is 1. The third-order valence-corrected chi connectivity index (χ3v) is 4.26. The number of ether oxygens (including phenoxy) is 1. The van der Waals surface area contributed by atoms with Crippen LogP contribution in [0.2, 0.25) is 0 Å². The summed E-state index contributed by atoms with van der Waals surface area (Å²) in [4.78, 5) is 0. The summed E-state index contributed by atoms with van der Waals surface area (Å²) in [5.41, 5.74) is 6.17. The molecular weight excluding hydrogens is 250 g/mol. The van der Waals surface area contributed by atoms with E-state index in [2.05, 4.69) is 36.4 Å². The van der Waals surface area contributed by atoms with Gasteiger partial charge in [0, 0.05) is 7.05 Å². The van der Waals surface area contributed by atoms with Crippen LogP contribution < -0.4 is 10.1 Å². The molecule has 1 aliphatic rings. The normalized spacial score (nSPS) is 17.1. The predicted molar refractivity (Wildman–Crippen MR) is 80.4 cm³/mol. The number of hydrogen-bond acceptors (Lipinski definition) is 3. The fourth-order valence-corrected chi connectivity index (χ4v) is 3.01. The smallest absolute Gasteiger partial charge is 0.119 e. The van der Waals surface area contributed by atoms with E-state index in [0.717, 1.165) is 30.0 Å². The van der Waals surface area contributed by atoms with E-state index in [1.54, 1.807) is 7.11 Å². The zero-order valence-electron chi connectivity index (χ0n) is 12.5. The molecule has 0 aliphatic heterocycles. The third kappa shape index (κ3) is 2.05. The molecule has 0 spiro atoms. The van der Waals surface area contributed by atoms with Crippen molar-refractivity contribution in [2.75, 3.05) is 12.4 Å². The van der Waals surface area contributed by atoms with E-state index in [1.807, 2.05) is 17.8 Å². The van der Waals surface area contributed by atoms with Crippen molar-refractivity contribution < 1.29 is 4.74 Å². The van der Waals surface area contributed by atoms with Crippen LogP contribution in [0.3, 0.4) is 0 Å². The van der Waals surface area contributed by atoms with E-state index in [4.69, 9.17) is 4.74 Å². The van der Waals surface area contributed by atoms with Crippen LogP contribution in [0.15, 0.2) is 18.2 Å². The predicted octanol–water partition coefficient (Wildman–Crippen LogP) is 3.14. The van der Waals surface area contributed by atoms with Crippen LogP contribution in [-0.4, -0.2) is 16.9 Å². The van der Waals surface area contributed by atoms with Crippen molar-refractivity contribution in [3.8, 4) is 5.75 Å². The molecule has 3 rings (SSSR count). The van der Waals surface area contributed by atoms with Gasteiger partial charge in [0.15, 0.2) is 0 Å². The first kappa shape index (κ1) is 13.0. The molecule has 1 atom stereocenters. The van der Waals surface area contributed by atoms with Crippen LogP contribution >= 0.6 is 0 Å². The summed E-state index contributed by atoms with van der Waals surface area (Å²) in [7, 11) is 3.70. The molecule has 0 saturated carbocycles. The molecule has 1 heterocycles. The Morgan fingerprint density at radius 2 is 2.15 bits per heavy atom. The van der Waals surface area contributed by atoms with Crippen molar-refractivity contribution in [2.45, 2.75) is 32.7 Å². The van der Waals surface area contributed by atoms with E-state index in [1.165, 1.54) is 16.8 Å². The Morgan fingerprint density at radius 1 is 1.35 bits per heavy atom. The van der Waals surface area contributed by atoms with Gasteiger partial charge in [0.05, 0.1) is 30.2 Å². The highest BCUT2D eigenvalue weighted by Crippen LogP contribution is 2.37. The molecular formula is C16H21N3O. The Morgan fingerprint density at radius 3 is 2.80 bits per heavy atom. The van der Waals surface area contributed by atoms with Gasteiger partial charge < -0.3 is 10.1 Å². The topological polar surface area (TPSA) is 39.1 Å². The molecule has 1 unspecified atom stereocenters. The Hall–Kier alpha value is -1.97. The van der Waals surface area contributed by atoms with Crippen LogP contribution in [0.5, 0.6) is 5.75 Å². The van der Waals surface area contributed by atoms with Crippen molar-refractivity contribution in [2.24, 2.45) is 7.05 Å². The van der Waals surface area contributed by atoms with E-state index < -0.39 is 0 Å². The van der Waals surface area contributed by atoms with Crippen LogP contribution in [0.4, 0.5) is 5.69 Å². The first-order chi connectivity index (χ1) is 9.60. The summed E-state index contributed by atoms with van der Waals surface area (Å²) in [5.74, 6) is 0.928. The Bertz CT molecular complexity index is 645. The molecule has 1 aromatic carbocycles. The molecule has 0 amide bonds. The van der Waals surface area contributed by atoms with Crippen molar-refractivity contribution in [3.05, 3.63) is 40.7 Å². The monoisotopic (exact) mass is 271 g/mol. The lowest BCUT2D eigenvalue weighted by molar-refractivity contribution is 0.414. The summed E-state index contributed by atoms with van der Waals surface area (Å²) < 4.78 is 7.27. The lowest BCUT2D eigenvalue weighted by Gasteiger charge is -2.16. The third-order valence-electron chi connectivity index (χ3n) is 4.26. The molecule has 1 aromatic heterocycles. The maximum Gasteiger partial charge on any atom is 0.119 e. The minimum atomic E-state index is 0.349. The second-order valence-corrected chi connectivity index (χ2v) is 5.47. The number of rotatable bonds is 3. The maximum atomic E-state index is 5.35. The van der Waals surface area contributed by atoms with E-state index >= 15 is 0 Å². The van der Waals surface area contributed by atoms with Gasteiger partial charge in [-0.2, -0.15) is 5.10 Å². The standard InChI is InChI=1S/C16H21N3O/c1-10-16(11(2)19(3)18-10)17-15-8-6-12-5-7-13(20-4)9-14(12)15/h5,7,9,15,17H,6,8H2,1-4H3. The number of hydrogen-bond donors (Lipinski definition) is 1. The molecule has 106 valence electrons. The SMILES string of the molecule is COc1ccc2c(c1)C(Nc1c(C)nn(C)c1C)CC2. The Balaban J connectivity index is 1.91.